The van der Waals surface area contributed by atoms with Crippen molar-refractivity contribution in [2.75, 3.05) is 28.4 Å². The topological polar surface area (TPSA) is 133 Å². The van der Waals surface area contributed by atoms with Crippen LogP contribution in [0.4, 0.5) is 0 Å². The lowest BCUT2D eigenvalue weighted by Crippen LogP contribution is -2.20. The number of nitrogens with zero attached hydrogens (tertiary/aromatic N) is 2. The third-order valence-corrected chi connectivity index (χ3v) is 5.31. The summed E-state index contributed by atoms with van der Waals surface area (Å²) in [4.78, 5) is 24.9. The summed E-state index contributed by atoms with van der Waals surface area (Å²) in [6.07, 6.45) is 0. The molecular weight excluding hydrogens is 480 g/mol. The van der Waals surface area contributed by atoms with Crippen molar-refractivity contribution >= 4 is 23.2 Å². The van der Waals surface area contributed by atoms with Gasteiger partial charge >= 0.3 is 11.8 Å². The van der Waals surface area contributed by atoms with Gasteiger partial charge in [0.05, 0.1) is 39.9 Å². The van der Waals surface area contributed by atoms with Gasteiger partial charge in [-0.1, -0.05) is 0 Å². The molecule has 0 aliphatic heterocycles. The summed E-state index contributed by atoms with van der Waals surface area (Å²) in [6.45, 7) is 3.45. The van der Waals surface area contributed by atoms with E-state index >= 15 is 0 Å². The van der Waals surface area contributed by atoms with Crippen LogP contribution in [0.5, 0.6) is 23.0 Å². The Hall–Kier alpha value is -4.80. The van der Waals surface area contributed by atoms with Crippen LogP contribution in [-0.4, -0.2) is 51.7 Å². The number of hydrogen-bond donors (Lipinski definition) is 2. The van der Waals surface area contributed by atoms with Gasteiger partial charge in [0.1, 0.15) is 0 Å². The van der Waals surface area contributed by atoms with Crippen LogP contribution >= 0.6 is 0 Å². The predicted molar refractivity (Wildman–Crippen MR) is 137 cm³/mol. The normalized spacial score (nSPS) is 11.5. The van der Waals surface area contributed by atoms with E-state index in [4.69, 9.17) is 23.4 Å². The highest BCUT2D eigenvalue weighted by molar-refractivity contribution is 6.02. The van der Waals surface area contributed by atoms with Crippen molar-refractivity contribution in [2.45, 2.75) is 13.8 Å². The Kier molecular flexibility index (Phi) is 8.87. The van der Waals surface area contributed by atoms with Crippen molar-refractivity contribution in [3.8, 4) is 23.0 Å². The van der Waals surface area contributed by atoms with E-state index in [0.29, 0.717) is 34.4 Å². The highest BCUT2D eigenvalue weighted by Crippen LogP contribution is 2.28. The molecule has 37 heavy (non-hydrogen) atoms. The molecule has 0 saturated heterocycles. The van der Waals surface area contributed by atoms with Gasteiger partial charge in [0.15, 0.2) is 34.5 Å². The van der Waals surface area contributed by atoms with Crippen molar-refractivity contribution in [3.63, 3.8) is 0 Å². The Balaban J connectivity index is 1.64. The highest BCUT2D eigenvalue weighted by atomic mass is 16.5. The molecule has 0 radical (unpaired) electrons. The largest absolute Gasteiger partial charge is 0.493 e. The van der Waals surface area contributed by atoms with Crippen molar-refractivity contribution in [1.29, 1.82) is 0 Å². The second kappa shape index (κ2) is 12.2. The molecule has 3 rings (SSSR count). The molecule has 194 valence electrons. The third-order valence-electron chi connectivity index (χ3n) is 5.31. The van der Waals surface area contributed by atoms with Crippen LogP contribution < -0.4 is 29.8 Å². The Morgan fingerprint density at radius 1 is 0.622 bits per heavy atom. The molecule has 0 saturated carbocycles. The van der Waals surface area contributed by atoms with E-state index in [2.05, 4.69) is 21.1 Å². The first-order valence-corrected chi connectivity index (χ1v) is 11.0. The van der Waals surface area contributed by atoms with Gasteiger partial charge in [-0.25, -0.2) is 10.9 Å². The fourth-order valence-corrected chi connectivity index (χ4v) is 3.21. The van der Waals surface area contributed by atoms with E-state index < -0.39 is 11.8 Å². The molecule has 0 bridgehead atoms. The molecule has 0 fully saturated rings. The summed E-state index contributed by atoms with van der Waals surface area (Å²) in [6, 6.07) is 13.3. The maximum absolute atomic E-state index is 12.5. The minimum atomic E-state index is -0.621. The number of methoxy groups -OCH3 is 4. The van der Waals surface area contributed by atoms with Crippen molar-refractivity contribution in [1.82, 2.24) is 10.9 Å². The molecule has 0 spiro atoms. The quantitative estimate of drug-likeness (QED) is 0.316. The lowest BCUT2D eigenvalue weighted by Gasteiger charge is -2.09. The highest BCUT2D eigenvalue weighted by Gasteiger charge is 2.16. The number of ether oxygens (including phenoxy) is 4. The number of carbonyl (C=O) groups is 2. The zero-order valence-corrected chi connectivity index (χ0v) is 21.4. The summed E-state index contributed by atoms with van der Waals surface area (Å²) < 4.78 is 26.4. The van der Waals surface area contributed by atoms with E-state index in [0.717, 1.165) is 11.1 Å². The number of rotatable bonds is 10. The molecular formula is C26H28N4O7. The second-order valence-corrected chi connectivity index (χ2v) is 7.58. The van der Waals surface area contributed by atoms with Crippen LogP contribution in [0.15, 0.2) is 63.2 Å². The van der Waals surface area contributed by atoms with Gasteiger partial charge in [-0.05, 0) is 62.4 Å². The van der Waals surface area contributed by atoms with Gasteiger partial charge in [0.2, 0.25) is 0 Å². The molecule has 2 N–H and O–H groups in total. The molecule has 0 unspecified atom stereocenters. The maximum atomic E-state index is 12.5. The minimum absolute atomic E-state index is 0.0883. The molecule has 1 aromatic heterocycles. The van der Waals surface area contributed by atoms with Crippen molar-refractivity contribution in [3.05, 3.63) is 71.2 Å². The number of hydrazone groups is 2. The summed E-state index contributed by atoms with van der Waals surface area (Å²) >= 11 is 0. The summed E-state index contributed by atoms with van der Waals surface area (Å²) in [5.74, 6) is 0.802. The van der Waals surface area contributed by atoms with Crippen LogP contribution in [0.25, 0.3) is 0 Å². The van der Waals surface area contributed by atoms with Crippen LogP contribution in [0.2, 0.25) is 0 Å². The van der Waals surface area contributed by atoms with E-state index in [1.165, 1.54) is 26.4 Å². The average Bonchev–Trinajstić information content (AvgIpc) is 3.44. The SMILES string of the molecule is COc1ccc(/C(C)=N/NC(=O)c2ccc(C(=O)N/N=C(\C)c3ccc(OC)c(OC)c3)o2)cc1OC. The molecule has 2 aromatic carbocycles. The fourth-order valence-electron chi connectivity index (χ4n) is 3.21. The maximum Gasteiger partial charge on any atom is 0.307 e. The number of benzene rings is 2. The fraction of sp³-hybridized carbons (Fsp3) is 0.231. The Labute approximate surface area is 214 Å². The minimum Gasteiger partial charge on any atom is -0.493 e. The van der Waals surface area contributed by atoms with Crippen LogP contribution in [0.3, 0.4) is 0 Å². The standard InChI is InChI=1S/C26H28N4O7/c1-15(17-7-9-19(33-3)23(13-17)35-5)27-29-25(31)21-11-12-22(37-21)26(32)30-28-16(2)18-8-10-20(34-4)24(14-18)36-6/h7-14H,1-6H3,(H,29,31)(H,30,32)/b27-15+,28-16+. The van der Waals surface area contributed by atoms with Crippen molar-refractivity contribution < 1.29 is 33.0 Å². The summed E-state index contributed by atoms with van der Waals surface area (Å²) in [5.41, 5.74) is 7.32. The zero-order valence-electron chi connectivity index (χ0n) is 21.4. The first-order chi connectivity index (χ1) is 17.8. The number of amides is 2. The van der Waals surface area contributed by atoms with Gasteiger partial charge in [0.25, 0.3) is 0 Å². The number of carbonyl (C=O) groups excluding carboxylic acids is 2. The van der Waals surface area contributed by atoms with Crippen LogP contribution in [-0.2, 0) is 0 Å². The molecule has 0 atom stereocenters. The summed E-state index contributed by atoms with van der Waals surface area (Å²) in [7, 11) is 6.15. The van der Waals surface area contributed by atoms with E-state index in [1.807, 2.05) is 0 Å². The van der Waals surface area contributed by atoms with Crippen molar-refractivity contribution in [2.24, 2.45) is 10.2 Å². The Bertz CT molecular complexity index is 1240. The molecule has 0 aliphatic rings. The Morgan fingerprint density at radius 3 is 1.35 bits per heavy atom. The van der Waals surface area contributed by atoms with Gasteiger partial charge in [-0.3, -0.25) is 9.59 Å². The lowest BCUT2D eigenvalue weighted by molar-refractivity contribution is 0.0902. The molecule has 3 aromatic rings. The molecule has 11 nitrogen and oxygen atoms in total. The second-order valence-electron chi connectivity index (χ2n) is 7.58. The van der Waals surface area contributed by atoms with Gasteiger partial charge in [0, 0.05) is 11.1 Å². The summed E-state index contributed by atoms with van der Waals surface area (Å²) in [5, 5.41) is 8.19. The first-order valence-electron chi connectivity index (χ1n) is 11.0. The van der Waals surface area contributed by atoms with Gasteiger partial charge in [-0.15, -0.1) is 0 Å². The monoisotopic (exact) mass is 508 g/mol. The zero-order chi connectivity index (χ0) is 26.9. The smallest absolute Gasteiger partial charge is 0.307 e. The van der Waals surface area contributed by atoms with Crippen LogP contribution in [0.1, 0.15) is 46.1 Å². The lowest BCUT2D eigenvalue weighted by atomic mass is 10.1. The number of furan rings is 1. The number of nitrogens with one attached hydrogen (secondary N) is 2. The van der Waals surface area contributed by atoms with Gasteiger partial charge in [-0.2, -0.15) is 10.2 Å². The van der Waals surface area contributed by atoms with Gasteiger partial charge < -0.3 is 23.4 Å². The van der Waals surface area contributed by atoms with E-state index in [1.54, 1.807) is 64.5 Å². The van der Waals surface area contributed by atoms with E-state index in [9.17, 15) is 9.59 Å². The molecule has 2 amide bonds. The van der Waals surface area contributed by atoms with E-state index in [-0.39, 0.29) is 11.5 Å². The molecule has 1 heterocycles. The number of hydrogen-bond acceptors (Lipinski definition) is 9. The third kappa shape index (κ3) is 6.45. The van der Waals surface area contributed by atoms with Crippen LogP contribution in [0, 0.1) is 0 Å². The predicted octanol–water partition coefficient (Wildman–Crippen LogP) is 3.62. The Morgan fingerprint density at radius 2 is 1.00 bits per heavy atom. The molecule has 11 heteroatoms. The first kappa shape index (κ1) is 26.8. The molecule has 0 aliphatic carbocycles. The average molecular weight is 509 g/mol.